The van der Waals surface area contributed by atoms with Crippen LogP contribution < -0.4 is 10.5 Å². The molecule has 2 aromatic carbocycles. The molecular weight excluding hydrogens is 345 g/mol. The number of ether oxygens (including phenoxy) is 1. The van der Waals surface area contributed by atoms with E-state index in [0.29, 0.717) is 33.8 Å². The third-order valence-corrected chi connectivity index (χ3v) is 3.56. The van der Waals surface area contributed by atoms with Crippen LogP contribution in [0.5, 0.6) is 5.75 Å². The van der Waals surface area contributed by atoms with Gasteiger partial charge in [-0.15, -0.1) is 0 Å². The zero-order chi connectivity index (χ0) is 14.5. The lowest BCUT2D eigenvalue weighted by atomic mass is 10.1. The van der Waals surface area contributed by atoms with Gasteiger partial charge in [0.1, 0.15) is 18.2 Å². The van der Waals surface area contributed by atoms with Gasteiger partial charge in [-0.1, -0.05) is 33.6 Å². The summed E-state index contributed by atoms with van der Waals surface area (Å²) in [6.07, 6.45) is 0.665. The average molecular weight is 359 g/mol. The van der Waals surface area contributed by atoms with E-state index < -0.39 is 0 Å². The molecule has 0 aromatic heterocycles. The second-order valence-electron chi connectivity index (χ2n) is 4.32. The summed E-state index contributed by atoms with van der Waals surface area (Å²) in [5.41, 5.74) is 6.99. The fourth-order valence-corrected chi connectivity index (χ4v) is 2.36. The molecule has 0 atom stereocenters. The molecule has 2 aromatic rings. The van der Waals surface area contributed by atoms with Crippen LogP contribution >= 0.6 is 27.5 Å². The summed E-state index contributed by atoms with van der Waals surface area (Å²) in [7, 11) is 0. The van der Waals surface area contributed by atoms with Crippen molar-refractivity contribution < 1.29 is 9.13 Å². The first kappa shape index (κ1) is 15.3. The highest BCUT2D eigenvalue weighted by atomic mass is 79.9. The molecule has 2 rings (SSSR count). The molecule has 0 fully saturated rings. The van der Waals surface area contributed by atoms with Crippen molar-refractivity contribution in [1.29, 1.82) is 0 Å². The Kier molecular flexibility index (Phi) is 5.40. The number of halogens is 3. The third kappa shape index (κ3) is 3.95. The minimum Gasteiger partial charge on any atom is -0.489 e. The molecule has 0 aliphatic carbocycles. The lowest BCUT2D eigenvalue weighted by Crippen LogP contribution is -2.06. The van der Waals surface area contributed by atoms with Crippen LogP contribution in [0.2, 0.25) is 5.02 Å². The molecule has 0 saturated carbocycles. The first-order valence-electron chi connectivity index (χ1n) is 6.15. The molecule has 0 heterocycles. The molecule has 0 aliphatic heterocycles. The van der Waals surface area contributed by atoms with Gasteiger partial charge in [0.15, 0.2) is 0 Å². The lowest BCUT2D eigenvalue weighted by Gasteiger charge is -2.12. The van der Waals surface area contributed by atoms with E-state index in [2.05, 4.69) is 15.9 Å². The Morgan fingerprint density at radius 1 is 1.15 bits per heavy atom. The summed E-state index contributed by atoms with van der Waals surface area (Å²) in [5, 5.41) is 0.635. The molecule has 0 amide bonds. The first-order valence-corrected chi connectivity index (χ1v) is 7.32. The predicted molar refractivity (Wildman–Crippen MR) is 82.6 cm³/mol. The van der Waals surface area contributed by atoms with Gasteiger partial charge < -0.3 is 10.5 Å². The van der Waals surface area contributed by atoms with Crippen molar-refractivity contribution in [2.45, 2.75) is 13.0 Å². The monoisotopic (exact) mass is 357 g/mol. The quantitative estimate of drug-likeness (QED) is 0.864. The minimum atomic E-state index is -0.297. The Morgan fingerprint density at radius 3 is 2.65 bits per heavy atom. The predicted octanol–water partition coefficient (Wildman–Crippen LogP) is 4.32. The van der Waals surface area contributed by atoms with Crippen molar-refractivity contribution in [3.63, 3.8) is 0 Å². The van der Waals surface area contributed by atoms with Gasteiger partial charge in [-0.3, -0.25) is 0 Å². The topological polar surface area (TPSA) is 35.2 Å². The number of hydrogen-bond donors (Lipinski definition) is 1. The second-order valence-corrected chi connectivity index (χ2v) is 5.67. The number of nitrogens with two attached hydrogens (primary N) is 1. The fourth-order valence-electron chi connectivity index (χ4n) is 1.83. The van der Waals surface area contributed by atoms with E-state index in [1.165, 1.54) is 6.07 Å². The molecule has 0 spiro atoms. The summed E-state index contributed by atoms with van der Waals surface area (Å²) in [6.45, 7) is 0.668. The summed E-state index contributed by atoms with van der Waals surface area (Å²) >= 11 is 9.17. The minimum absolute atomic E-state index is 0.165. The average Bonchev–Trinajstić information content (AvgIpc) is 2.40. The summed E-state index contributed by atoms with van der Waals surface area (Å²) in [4.78, 5) is 0. The third-order valence-electron chi connectivity index (χ3n) is 2.83. The molecule has 2 N–H and O–H groups in total. The van der Waals surface area contributed by atoms with Crippen molar-refractivity contribution in [3.05, 3.63) is 62.8 Å². The van der Waals surface area contributed by atoms with Crippen LogP contribution in [0.3, 0.4) is 0 Å². The lowest BCUT2D eigenvalue weighted by molar-refractivity contribution is 0.296. The number of benzene rings is 2. The maximum Gasteiger partial charge on any atom is 0.130 e. The van der Waals surface area contributed by atoms with Gasteiger partial charge >= 0.3 is 0 Å². The Morgan fingerprint density at radius 2 is 1.95 bits per heavy atom. The van der Waals surface area contributed by atoms with Gasteiger partial charge in [-0.05, 0) is 48.9 Å². The maximum absolute atomic E-state index is 13.7. The van der Waals surface area contributed by atoms with Crippen molar-refractivity contribution in [2.75, 3.05) is 6.54 Å². The second kappa shape index (κ2) is 7.07. The number of hydrogen-bond acceptors (Lipinski definition) is 2. The largest absolute Gasteiger partial charge is 0.489 e. The molecule has 5 heteroatoms. The fraction of sp³-hybridized carbons (Fsp3) is 0.200. The maximum atomic E-state index is 13.7. The van der Waals surface area contributed by atoms with Gasteiger partial charge in [0.2, 0.25) is 0 Å². The van der Waals surface area contributed by atoms with E-state index >= 15 is 0 Å². The summed E-state index contributed by atoms with van der Waals surface area (Å²) in [6, 6.07) is 10.2. The molecule has 20 heavy (non-hydrogen) atoms. The van der Waals surface area contributed by atoms with Gasteiger partial charge in [0.05, 0.1) is 0 Å². The molecule has 0 saturated heterocycles. The Balaban J connectivity index is 2.14. The van der Waals surface area contributed by atoms with E-state index in [1.54, 1.807) is 24.3 Å². The SMILES string of the molecule is NCCc1cc(Cl)ccc1OCc1ccc(Br)cc1F. The van der Waals surface area contributed by atoms with Crippen LogP contribution in [0.4, 0.5) is 4.39 Å². The van der Waals surface area contributed by atoms with Gasteiger partial charge in [-0.2, -0.15) is 0 Å². The van der Waals surface area contributed by atoms with E-state index in [1.807, 2.05) is 6.07 Å². The van der Waals surface area contributed by atoms with Crippen molar-refractivity contribution in [3.8, 4) is 5.75 Å². The molecular formula is C15H14BrClFNO. The first-order chi connectivity index (χ1) is 9.60. The standard InChI is InChI=1S/C15H14BrClFNO/c16-12-2-1-11(14(18)8-12)9-20-15-4-3-13(17)7-10(15)5-6-19/h1-4,7-8H,5-6,9,19H2. The van der Waals surface area contributed by atoms with E-state index in [-0.39, 0.29) is 12.4 Å². The highest BCUT2D eigenvalue weighted by Crippen LogP contribution is 2.25. The van der Waals surface area contributed by atoms with E-state index in [9.17, 15) is 4.39 Å². The van der Waals surface area contributed by atoms with Crippen LogP contribution in [0.15, 0.2) is 40.9 Å². The number of rotatable bonds is 5. The summed E-state index contributed by atoms with van der Waals surface area (Å²) < 4.78 is 20.1. The van der Waals surface area contributed by atoms with E-state index in [0.717, 1.165) is 5.56 Å². The molecule has 0 aliphatic rings. The Labute approximate surface area is 130 Å². The Hall–Kier alpha value is -1.10. The van der Waals surface area contributed by atoms with Crippen molar-refractivity contribution >= 4 is 27.5 Å². The zero-order valence-electron chi connectivity index (χ0n) is 10.7. The van der Waals surface area contributed by atoms with Gasteiger partial charge in [-0.25, -0.2) is 4.39 Å². The highest BCUT2D eigenvalue weighted by molar-refractivity contribution is 9.10. The molecule has 0 bridgehead atoms. The van der Waals surface area contributed by atoms with Crippen LogP contribution in [0, 0.1) is 5.82 Å². The van der Waals surface area contributed by atoms with Gasteiger partial charge in [0.25, 0.3) is 0 Å². The summed E-state index contributed by atoms with van der Waals surface area (Å²) in [5.74, 6) is 0.385. The van der Waals surface area contributed by atoms with Crippen LogP contribution in [-0.2, 0) is 13.0 Å². The van der Waals surface area contributed by atoms with E-state index in [4.69, 9.17) is 22.1 Å². The van der Waals surface area contributed by atoms with Gasteiger partial charge in [0, 0.05) is 15.1 Å². The van der Waals surface area contributed by atoms with Crippen molar-refractivity contribution in [2.24, 2.45) is 5.73 Å². The van der Waals surface area contributed by atoms with Crippen LogP contribution in [-0.4, -0.2) is 6.54 Å². The smallest absolute Gasteiger partial charge is 0.130 e. The molecule has 0 radical (unpaired) electrons. The Bertz CT molecular complexity index is 606. The van der Waals surface area contributed by atoms with Crippen LogP contribution in [0.25, 0.3) is 0 Å². The molecule has 2 nitrogen and oxygen atoms in total. The van der Waals surface area contributed by atoms with Crippen molar-refractivity contribution in [1.82, 2.24) is 0 Å². The zero-order valence-corrected chi connectivity index (χ0v) is 13.0. The molecule has 0 unspecified atom stereocenters. The normalized spacial score (nSPS) is 10.6. The van der Waals surface area contributed by atoms with Crippen LogP contribution in [0.1, 0.15) is 11.1 Å². The highest BCUT2D eigenvalue weighted by Gasteiger charge is 2.07. The molecule has 106 valence electrons.